The maximum Gasteiger partial charge on any atom is 0.475 e. The van der Waals surface area contributed by atoms with E-state index in [-0.39, 0.29) is 43.6 Å². The highest BCUT2D eigenvalue weighted by Gasteiger charge is 2.36. The summed E-state index contributed by atoms with van der Waals surface area (Å²) in [5.74, 6) is -0.188. The Morgan fingerprint density at radius 1 is 1.34 bits per heavy atom. The summed E-state index contributed by atoms with van der Waals surface area (Å²) < 4.78 is 30.9. The van der Waals surface area contributed by atoms with Gasteiger partial charge >= 0.3 is 7.82 Å². The zero-order valence-electron chi connectivity index (χ0n) is 17.9. The number of fused-ring (bicyclic) bond motifs is 1. The Morgan fingerprint density at radius 3 is 2.75 bits per heavy atom. The number of carbonyl (C=O) groups excluding carboxylic acids is 1. The lowest BCUT2D eigenvalue weighted by Gasteiger charge is -2.33. The molecule has 1 aromatic carbocycles. The number of hydrogen-bond donors (Lipinski definition) is 1. The number of benzene rings is 1. The quantitative estimate of drug-likeness (QED) is 0.441. The zero-order valence-corrected chi connectivity index (χ0v) is 21.1. The normalized spacial score (nSPS) is 19.4. The van der Waals surface area contributed by atoms with Gasteiger partial charge in [0, 0.05) is 16.9 Å². The molecule has 0 saturated carbocycles. The van der Waals surface area contributed by atoms with E-state index in [1.807, 2.05) is 0 Å². The van der Waals surface area contributed by atoms with Crippen molar-refractivity contribution in [3.05, 3.63) is 38.3 Å². The number of nitrogens with one attached hydrogen (secondary N) is 1. The summed E-state index contributed by atoms with van der Waals surface area (Å²) in [5, 5.41) is 3.97. The second kappa shape index (κ2) is 11.3. The summed E-state index contributed by atoms with van der Waals surface area (Å²) in [6.07, 6.45) is 2.34. The molecule has 0 radical (unpaired) electrons. The minimum Gasteiger partial charge on any atom is -0.311 e. The van der Waals surface area contributed by atoms with Crippen LogP contribution >= 0.6 is 35.4 Å². The summed E-state index contributed by atoms with van der Waals surface area (Å²) in [7, 11) is -3.71. The van der Waals surface area contributed by atoms with Crippen molar-refractivity contribution in [1.82, 2.24) is 14.9 Å². The van der Waals surface area contributed by atoms with Crippen LogP contribution in [0.4, 0.5) is 0 Å². The number of halogens is 2. The number of hydrogen-bond acceptors (Lipinski definition) is 8. The number of rotatable bonds is 10. The summed E-state index contributed by atoms with van der Waals surface area (Å²) >= 11 is 9.41. The van der Waals surface area contributed by atoms with Gasteiger partial charge in [-0.1, -0.05) is 11.6 Å². The van der Waals surface area contributed by atoms with E-state index < -0.39 is 13.9 Å². The third-order valence-electron chi connectivity index (χ3n) is 5.02. The molecule has 12 heteroatoms. The van der Waals surface area contributed by atoms with Gasteiger partial charge in [-0.05, 0) is 61.3 Å². The Bertz CT molecular complexity index is 1070. The second-order valence-corrected chi connectivity index (χ2v) is 10.2. The molecule has 1 N–H and O–H groups in total. The highest BCUT2D eigenvalue weighted by Crippen LogP contribution is 2.51. The third kappa shape index (κ3) is 6.26. The molecular weight excluding hydrogens is 525 g/mol. The average Bonchev–Trinajstić information content (AvgIpc) is 2.73. The largest absolute Gasteiger partial charge is 0.475 e. The van der Waals surface area contributed by atoms with Gasteiger partial charge in [0.1, 0.15) is 0 Å². The number of ketones is 1. The first-order chi connectivity index (χ1) is 15.3. The van der Waals surface area contributed by atoms with Crippen LogP contribution in [0.2, 0.25) is 5.02 Å². The van der Waals surface area contributed by atoms with Crippen LogP contribution in [0.5, 0.6) is 0 Å². The van der Waals surface area contributed by atoms with Crippen LogP contribution in [0.25, 0.3) is 10.9 Å². The van der Waals surface area contributed by atoms with Crippen LogP contribution in [0.15, 0.2) is 27.7 Å². The number of Topliss-reactive ketones (excluding diaryl/α,β-unsaturated/α-hetero) is 1. The van der Waals surface area contributed by atoms with E-state index in [4.69, 9.17) is 25.2 Å². The Morgan fingerprint density at radius 2 is 2.06 bits per heavy atom. The fraction of sp³-hybridized carbons (Fsp3) is 0.550. The summed E-state index contributed by atoms with van der Waals surface area (Å²) in [6, 6.07) is 2.82. The molecule has 32 heavy (non-hydrogen) atoms. The molecule has 0 bridgehead atoms. The van der Waals surface area contributed by atoms with Gasteiger partial charge in [-0.25, -0.2) is 9.55 Å². The Labute approximate surface area is 199 Å². The van der Waals surface area contributed by atoms with Gasteiger partial charge in [0.05, 0.1) is 48.1 Å². The monoisotopic (exact) mass is 549 g/mol. The lowest BCUT2D eigenvalue weighted by Crippen LogP contribution is -2.47. The average molecular weight is 551 g/mol. The van der Waals surface area contributed by atoms with Crippen molar-refractivity contribution >= 4 is 52.0 Å². The molecule has 2 heterocycles. The van der Waals surface area contributed by atoms with Crippen LogP contribution in [-0.4, -0.2) is 47.2 Å². The fourth-order valence-corrected chi connectivity index (χ4v) is 5.51. The molecule has 1 fully saturated rings. The molecule has 0 amide bonds. The number of phosphoric ester groups is 1. The molecule has 0 aliphatic carbocycles. The van der Waals surface area contributed by atoms with Crippen molar-refractivity contribution < 1.29 is 22.9 Å². The molecule has 2 unspecified atom stereocenters. The molecule has 9 nitrogen and oxygen atoms in total. The fourth-order valence-electron chi connectivity index (χ4n) is 3.60. The summed E-state index contributed by atoms with van der Waals surface area (Å²) in [6.45, 7) is 4.33. The van der Waals surface area contributed by atoms with Crippen molar-refractivity contribution in [2.45, 2.75) is 51.8 Å². The van der Waals surface area contributed by atoms with E-state index in [0.29, 0.717) is 33.4 Å². The minimum atomic E-state index is -3.71. The number of piperidine rings is 1. The van der Waals surface area contributed by atoms with Crippen LogP contribution in [0.3, 0.4) is 0 Å². The van der Waals surface area contributed by atoms with E-state index in [1.165, 1.54) is 17.0 Å². The van der Waals surface area contributed by atoms with E-state index in [0.717, 1.165) is 6.42 Å². The molecule has 176 valence electrons. The van der Waals surface area contributed by atoms with Crippen molar-refractivity contribution in [3.8, 4) is 0 Å². The standard InChI is InChI=1S/C20H26BrClN3O6P/c1-3-29-32(28,30-4-2)31-19-6-5-7-23-18(19)8-13(26)11-25-12-24-17-10-15(21)16(22)9-14(17)20(25)27/h9-10,12,18-19,23H,3-8,11H2,1-2H3. The van der Waals surface area contributed by atoms with Crippen molar-refractivity contribution in [3.63, 3.8) is 0 Å². The lowest BCUT2D eigenvalue weighted by molar-refractivity contribution is -0.121. The first kappa shape index (κ1) is 25.5. The van der Waals surface area contributed by atoms with Gasteiger partial charge in [-0.15, -0.1) is 0 Å². The molecular formula is C20H26BrClN3O6P. The number of aromatic nitrogens is 2. The minimum absolute atomic E-state index is 0.0918. The van der Waals surface area contributed by atoms with Gasteiger partial charge in [0.15, 0.2) is 5.78 Å². The molecule has 2 aromatic rings. The predicted molar refractivity (Wildman–Crippen MR) is 125 cm³/mol. The van der Waals surface area contributed by atoms with Gasteiger partial charge < -0.3 is 5.32 Å². The van der Waals surface area contributed by atoms with Gasteiger partial charge in [0.2, 0.25) is 0 Å². The van der Waals surface area contributed by atoms with Crippen molar-refractivity contribution in [2.24, 2.45) is 0 Å². The predicted octanol–water partition coefficient (Wildman–Crippen LogP) is 4.09. The topological polar surface area (TPSA) is 109 Å². The smallest absolute Gasteiger partial charge is 0.311 e. The van der Waals surface area contributed by atoms with Gasteiger partial charge in [0.25, 0.3) is 5.56 Å². The van der Waals surface area contributed by atoms with Crippen molar-refractivity contribution in [1.29, 1.82) is 0 Å². The maximum absolute atomic E-state index is 12.8. The second-order valence-electron chi connectivity index (χ2n) is 7.33. The number of carbonyl (C=O) groups is 1. The molecule has 1 aromatic heterocycles. The van der Waals surface area contributed by atoms with Crippen LogP contribution in [0.1, 0.15) is 33.1 Å². The van der Waals surface area contributed by atoms with Gasteiger partial charge in [-0.2, -0.15) is 0 Å². The van der Waals surface area contributed by atoms with E-state index >= 15 is 0 Å². The first-order valence-corrected chi connectivity index (χ1v) is 13.1. The van der Waals surface area contributed by atoms with E-state index in [1.54, 1.807) is 19.9 Å². The molecule has 1 aliphatic rings. The summed E-state index contributed by atoms with van der Waals surface area (Å²) in [4.78, 5) is 29.9. The first-order valence-electron chi connectivity index (χ1n) is 10.4. The number of phosphoric acid groups is 1. The lowest BCUT2D eigenvalue weighted by atomic mass is 9.97. The molecule has 0 spiro atoms. The molecule has 2 atom stereocenters. The van der Waals surface area contributed by atoms with Crippen LogP contribution < -0.4 is 10.9 Å². The van der Waals surface area contributed by atoms with E-state index in [9.17, 15) is 14.2 Å². The third-order valence-corrected chi connectivity index (χ3v) is 7.89. The van der Waals surface area contributed by atoms with Crippen molar-refractivity contribution in [2.75, 3.05) is 19.8 Å². The Balaban J connectivity index is 1.72. The molecule has 1 saturated heterocycles. The number of nitrogens with zero attached hydrogens (tertiary/aromatic N) is 2. The zero-order chi connectivity index (χ0) is 23.3. The van der Waals surface area contributed by atoms with Crippen LogP contribution in [-0.2, 0) is 29.5 Å². The van der Waals surface area contributed by atoms with Gasteiger partial charge in [-0.3, -0.25) is 27.7 Å². The maximum atomic E-state index is 12.8. The molecule has 3 rings (SSSR count). The Kier molecular flexibility index (Phi) is 9.03. The molecule has 1 aliphatic heterocycles. The SMILES string of the molecule is CCOP(=O)(OCC)OC1CCCNC1CC(=O)Cn1cnc2cc(Br)c(Cl)cc2c1=O. The van der Waals surface area contributed by atoms with E-state index in [2.05, 4.69) is 26.2 Å². The van der Waals surface area contributed by atoms with Crippen LogP contribution in [0, 0.1) is 0 Å². The highest BCUT2D eigenvalue weighted by molar-refractivity contribution is 9.10. The summed E-state index contributed by atoms with van der Waals surface area (Å²) in [5.41, 5.74) is 0.138. The Hall–Kier alpha value is -1.13. The highest BCUT2D eigenvalue weighted by atomic mass is 79.9.